The lowest BCUT2D eigenvalue weighted by Crippen LogP contribution is -2.18. The number of likely N-dealkylation sites (N-methyl/N-ethyl adjacent to an activating group) is 1. The van der Waals surface area contributed by atoms with Gasteiger partial charge in [-0.25, -0.2) is 0 Å². The Hall–Kier alpha value is -1.10. The van der Waals surface area contributed by atoms with E-state index in [1.807, 2.05) is 23.7 Å². The summed E-state index contributed by atoms with van der Waals surface area (Å²) in [6.45, 7) is 0.512. The molecule has 0 aliphatic rings. The Morgan fingerprint density at radius 1 is 1.56 bits per heavy atom. The van der Waals surface area contributed by atoms with Crippen LogP contribution in [0.1, 0.15) is 11.8 Å². The molecular weight excluding hydrogens is 226 g/mol. The van der Waals surface area contributed by atoms with Gasteiger partial charge in [0.2, 0.25) is 0 Å². The van der Waals surface area contributed by atoms with Crippen molar-refractivity contribution < 1.29 is 5.11 Å². The fourth-order valence-electron chi connectivity index (χ4n) is 1.81. The number of nitrogens with zero attached hydrogens (tertiary/aromatic N) is 2. The molecule has 2 rings (SSSR count). The SMILES string of the molecule is CNCC(O)c1cc2ncc(Cl)cc2n1C. The minimum Gasteiger partial charge on any atom is -0.386 e. The summed E-state index contributed by atoms with van der Waals surface area (Å²) >= 11 is 5.89. The molecule has 2 aromatic heterocycles. The van der Waals surface area contributed by atoms with Gasteiger partial charge in [-0.1, -0.05) is 11.6 Å². The van der Waals surface area contributed by atoms with Crippen LogP contribution in [0, 0.1) is 0 Å². The first-order valence-electron chi connectivity index (χ1n) is 5.07. The molecule has 0 fully saturated rings. The normalized spacial score (nSPS) is 13.2. The monoisotopic (exact) mass is 239 g/mol. The number of hydrogen-bond donors (Lipinski definition) is 2. The lowest BCUT2D eigenvalue weighted by atomic mass is 10.2. The van der Waals surface area contributed by atoms with Gasteiger partial charge in [0, 0.05) is 19.8 Å². The standard InChI is InChI=1S/C11H14ClN3O/c1-13-6-11(16)10-4-8-9(15(10)2)3-7(12)5-14-8/h3-5,11,13,16H,6H2,1-2H3. The van der Waals surface area contributed by atoms with Gasteiger partial charge in [-0.3, -0.25) is 4.98 Å². The van der Waals surface area contributed by atoms with Gasteiger partial charge in [0.15, 0.2) is 0 Å². The summed E-state index contributed by atoms with van der Waals surface area (Å²) in [6, 6.07) is 3.73. The summed E-state index contributed by atoms with van der Waals surface area (Å²) in [4.78, 5) is 4.22. The Balaban J connectivity index is 2.51. The Morgan fingerprint density at radius 2 is 2.31 bits per heavy atom. The zero-order valence-electron chi connectivity index (χ0n) is 9.24. The maximum absolute atomic E-state index is 9.93. The maximum atomic E-state index is 9.93. The van der Waals surface area contributed by atoms with Gasteiger partial charge in [0.25, 0.3) is 0 Å². The molecule has 2 aromatic rings. The molecule has 0 amide bonds. The maximum Gasteiger partial charge on any atom is 0.106 e. The van der Waals surface area contributed by atoms with Crippen molar-refractivity contribution in [2.75, 3.05) is 13.6 Å². The van der Waals surface area contributed by atoms with E-state index in [2.05, 4.69) is 10.3 Å². The fraction of sp³-hybridized carbons (Fsp3) is 0.364. The number of aliphatic hydroxyl groups excluding tert-OH is 1. The van der Waals surface area contributed by atoms with E-state index in [9.17, 15) is 5.11 Å². The fourth-order valence-corrected chi connectivity index (χ4v) is 1.96. The van der Waals surface area contributed by atoms with Crippen molar-refractivity contribution >= 4 is 22.6 Å². The number of aliphatic hydroxyl groups is 1. The highest BCUT2D eigenvalue weighted by Crippen LogP contribution is 2.23. The second kappa shape index (κ2) is 4.41. The van der Waals surface area contributed by atoms with Crippen LogP contribution in [-0.4, -0.2) is 28.3 Å². The minimum atomic E-state index is -0.539. The number of halogens is 1. The zero-order valence-corrected chi connectivity index (χ0v) is 9.99. The molecule has 4 nitrogen and oxygen atoms in total. The second-order valence-corrected chi connectivity index (χ2v) is 4.20. The van der Waals surface area contributed by atoms with Gasteiger partial charge >= 0.3 is 0 Å². The average molecular weight is 240 g/mol. The molecule has 0 aliphatic carbocycles. The van der Waals surface area contributed by atoms with Crippen molar-refractivity contribution in [3.05, 3.63) is 29.0 Å². The van der Waals surface area contributed by atoms with Crippen LogP contribution in [-0.2, 0) is 7.05 Å². The Bertz CT molecular complexity index is 509. The summed E-state index contributed by atoms with van der Waals surface area (Å²) in [7, 11) is 3.70. The number of pyridine rings is 1. The first kappa shape index (κ1) is 11.4. The van der Waals surface area contributed by atoms with Crippen molar-refractivity contribution in [2.45, 2.75) is 6.10 Å². The molecule has 0 saturated heterocycles. The number of nitrogens with one attached hydrogen (secondary N) is 1. The smallest absolute Gasteiger partial charge is 0.106 e. The number of aryl methyl sites for hydroxylation is 1. The van der Waals surface area contributed by atoms with E-state index in [1.54, 1.807) is 13.2 Å². The third-order valence-corrected chi connectivity index (χ3v) is 2.84. The molecular formula is C11H14ClN3O. The van der Waals surface area contributed by atoms with Crippen molar-refractivity contribution in [3.63, 3.8) is 0 Å². The molecule has 1 unspecified atom stereocenters. The van der Waals surface area contributed by atoms with Crippen LogP contribution in [0.2, 0.25) is 5.02 Å². The van der Waals surface area contributed by atoms with Crippen LogP contribution in [0.15, 0.2) is 18.3 Å². The van der Waals surface area contributed by atoms with Gasteiger partial charge in [0.1, 0.15) is 6.10 Å². The summed E-state index contributed by atoms with van der Waals surface area (Å²) in [5.41, 5.74) is 2.61. The molecule has 0 saturated carbocycles. The molecule has 0 radical (unpaired) electrons. The van der Waals surface area contributed by atoms with E-state index in [4.69, 9.17) is 11.6 Å². The van der Waals surface area contributed by atoms with E-state index in [0.29, 0.717) is 11.6 Å². The van der Waals surface area contributed by atoms with Gasteiger partial charge < -0.3 is 15.0 Å². The molecule has 2 N–H and O–H groups in total. The first-order chi connectivity index (χ1) is 7.63. The van der Waals surface area contributed by atoms with Crippen LogP contribution in [0.25, 0.3) is 11.0 Å². The first-order valence-corrected chi connectivity index (χ1v) is 5.45. The van der Waals surface area contributed by atoms with Crippen molar-refractivity contribution in [3.8, 4) is 0 Å². The van der Waals surface area contributed by atoms with E-state index in [-0.39, 0.29) is 0 Å². The Labute approximate surface area is 98.9 Å². The van der Waals surface area contributed by atoms with Crippen LogP contribution in [0.3, 0.4) is 0 Å². The number of hydrogen-bond acceptors (Lipinski definition) is 3. The lowest BCUT2D eigenvalue weighted by molar-refractivity contribution is 0.170. The predicted molar refractivity (Wildman–Crippen MR) is 64.6 cm³/mol. The number of rotatable bonds is 3. The van der Waals surface area contributed by atoms with Crippen molar-refractivity contribution in [2.24, 2.45) is 7.05 Å². The molecule has 2 heterocycles. The topological polar surface area (TPSA) is 50.1 Å². The van der Waals surface area contributed by atoms with Crippen LogP contribution < -0.4 is 5.32 Å². The second-order valence-electron chi connectivity index (χ2n) is 3.76. The minimum absolute atomic E-state index is 0.512. The highest BCUT2D eigenvalue weighted by atomic mass is 35.5. The highest BCUT2D eigenvalue weighted by Gasteiger charge is 2.14. The average Bonchev–Trinajstić information content (AvgIpc) is 2.57. The third kappa shape index (κ3) is 1.91. The number of fused-ring (bicyclic) bond motifs is 1. The third-order valence-electron chi connectivity index (χ3n) is 2.64. The van der Waals surface area contributed by atoms with E-state index in [1.165, 1.54) is 0 Å². The van der Waals surface area contributed by atoms with Crippen LogP contribution >= 0.6 is 11.6 Å². The molecule has 0 aliphatic heterocycles. The molecule has 0 spiro atoms. The summed E-state index contributed by atoms with van der Waals surface area (Å²) < 4.78 is 1.91. The predicted octanol–water partition coefficient (Wildman–Crippen LogP) is 1.48. The highest BCUT2D eigenvalue weighted by molar-refractivity contribution is 6.31. The van der Waals surface area contributed by atoms with Gasteiger partial charge in [-0.05, 0) is 19.2 Å². The van der Waals surface area contributed by atoms with E-state index < -0.39 is 6.10 Å². The quantitative estimate of drug-likeness (QED) is 0.853. The molecule has 1 atom stereocenters. The van der Waals surface area contributed by atoms with E-state index in [0.717, 1.165) is 16.7 Å². The largest absolute Gasteiger partial charge is 0.386 e. The Morgan fingerprint density at radius 3 is 3.00 bits per heavy atom. The molecule has 0 aromatic carbocycles. The molecule has 16 heavy (non-hydrogen) atoms. The summed E-state index contributed by atoms with van der Waals surface area (Å²) in [5.74, 6) is 0. The van der Waals surface area contributed by atoms with Gasteiger partial charge in [0.05, 0.1) is 21.7 Å². The summed E-state index contributed by atoms with van der Waals surface area (Å²) in [5, 5.41) is 13.5. The number of aromatic nitrogens is 2. The lowest BCUT2D eigenvalue weighted by Gasteiger charge is -2.11. The molecule has 5 heteroatoms. The van der Waals surface area contributed by atoms with Gasteiger partial charge in [-0.15, -0.1) is 0 Å². The van der Waals surface area contributed by atoms with Crippen LogP contribution in [0.5, 0.6) is 0 Å². The Kier molecular flexibility index (Phi) is 3.14. The molecule has 0 bridgehead atoms. The van der Waals surface area contributed by atoms with Crippen molar-refractivity contribution in [1.82, 2.24) is 14.9 Å². The molecule has 86 valence electrons. The van der Waals surface area contributed by atoms with E-state index >= 15 is 0 Å². The van der Waals surface area contributed by atoms with Crippen molar-refractivity contribution in [1.29, 1.82) is 0 Å². The van der Waals surface area contributed by atoms with Crippen LogP contribution in [0.4, 0.5) is 0 Å². The zero-order chi connectivity index (χ0) is 11.7. The van der Waals surface area contributed by atoms with Gasteiger partial charge in [-0.2, -0.15) is 0 Å². The summed E-state index contributed by atoms with van der Waals surface area (Å²) in [6.07, 6.45) is 1.07.